The van der Waals surface area contributed by atoms with Crippen LogP contribution in [0.4, 0.5) is 5.69 Å². The minimum atomic E-state index is -0.884. The van der Waals surface area contributed by atoms with Crippen molar-refractivity contribution in [2.45, 2.75) is 6.42 Å². The molecule has 98 valence electrons. The number of aromatic amines is 1. The molecular weight excluding hydrogens is 244 g/mol. The molecule has 0 radical (unpaired) electrons. The van der Waals surface area contributed by atoms with Gasteiger partial charge in [-0.25, -0.2) is 0 Å². The van der Waals surface area contributed by atoms with Crippen LogP contribution in [0.5, 0.6) is 0 Å². The first-order valence-electron chi connectivity index (χ1n) is 6.16. The van der Waals surface area contributed by atoms with E-state index in [2.05, 4.69) is 4.98 Å². The summed E-state index contributed by atoms with van der Waals surface area (Å²) in [5.74, 6) is -1.90. The Morgan fingerprint density at radius 2 is 2.05 bits per heavy atom. The van der Waals surface area contributed by atoms with Crippen LogP contribution in [-0.4, -0.2) is 29.0 Å². The van der Waals surface area contributed by atoms with E-state index in [0.717, 1.165) is 16.6 Å². The molecule has 2 aromatic rings. The zero-order chi connectivity index (χ0) is 13.6. The number of benzene rings is 1. The van der Waals surface area contributed by atoms with E-state index in [-0.39, 0.29) is 11.8 Å². The molecule has 2 unspecified atom stereocenters. The van der Waals surface area contributed by atoms with Crippen molar-refractivity contribution in [3.8, 4) is 0 Å². The van der Waals surface area contributed by atoms with Gasteiger partial charge >= 0.3 is 5.97 Å². The molecule has 1 aromatic heterocycles. The number of amides is 1. The fourth-order valence-electron chi connectivity index (χ4n) is 2.44. The Kier molecular flexibility index (Phi) is 2.55. The number of hydrogen-bond acceptors (Lipinski definition) is 2. The van der Waals surface area contributed by atoms with Crippen LogP contribution in [0.2, 0.25) is 0 Å². The van der Waals surface area contributed by atoms with Crippen molar-refractivity contribution >= 4 is 28.5 Å². The van der Waals surface area contributed by atoms with E-state index in [1.54, 1.807) is 18.1 Å². The van der Waals surface area contributed by atoms with Gasteiger partial charge in [-0.05, 0) is 12.5 Å². The van der Waals surface area contributed by atoms with Gasteiger partial charge in [-0.3, -0.25) is 9.59 Å². The monoisotopic (exact) mass is 258 g/mol. The minimum Gasteiger partial charge on any atom is -0.481 e. The second kappa shape index (κ2) is 4.12. The summed E-state index contributed by atoms with van der Waals surface area (Å²) in [4.78, 5) is 27.7. The van der Waals surface area contributed by atoms with E-state index in [4.69, 9.17) is 5.11 Å². The van der Waals surface area contributed by atoms with E-state index in [1.165, 1.54) is 0 Å². The van der Waals surface area contributed by atoms with Gasteiger partial charge in [0.15, 0.2) is 0 Å². The summed E-state index contributed by atoms with van der Waals surface area (Å²) in [7, 11) is 1.69. The van der Waals surface area contributed by atoms with Crippen LogP contribution in [-0.2, 0) is 9.59 Å². The molecular formula is C14H14N2O3. The molecule has 1 aliphatic rings. The van der Waals surface area contributed by atoms with Crippen molar-refractivity contribution < 1.29 is 14.7 Å². The van der Waals surface area contributed by atoms with E-state index >= 15 is 0 Å². The smallest absolute Gasteiger partial charge is 0.307 e. The molecule has 5 heteroatoms. The molecule has 0 bridgehead atoms. The fourth-order valence-corrected chi connectivity index (χ4v) is 2.44. The minimum absolute atomic E-state index is 0.128. The maximum absolute atomic E-state index is 12.2. The van der Waals surface area contributed by atoms with Crippen molar-refractivity contribution in [2.24, 2.45) is 11.8 Å². The summed E-state index contributed by atoms with van der Waals surface area (Å²) in [6.07, 6.45) is 2.22. The number of aromatic nitrogens is 1. The third kappa shape index (κ3) is 1.87. The summed E-state index contributed by atoms with van der Waals surface area (Å²) < 4.78 is 0. The quantitative estimate of drug-likeness (QED) is 0.882. The van der Waals surface area contributed by atoms with Gasteiger partial charge in [0.1, 0.15) is 0 Å². The van der Waals surface area contributed by atoms with Crippen molar-refractivity contribution in [3.63, 3.8) is 0 Å². The molecule has 1 fully saturated rings. The van der Waals surface area contributed by atoms with Crippen LogP contribution in [0.25, 0.3) is 10.9 Å². The van der Waals surface area contributed by atoms with Crippen LogP contribution >= 0.6 is 0 Å². The van der Waals surface area contributed by atoms with E-state index in [1.807, 2.05) is 24.3 Å². The average Bonchev–Trinajstić information content (AvgIpc) is 3.10. The van der Waals surface area contributed by atoms with Gasteiger partial charge in [-0.15, -0.1) is 0 Å². The summed E-state index contributed by atoms with van der Waals surface area (Å²) in [5, 5.41) is 9.84. The van der Waals surface area contributed by atoms with Gasteiger partial charge in [-0.1, -0.05) is 18.2 Å². The Hall–Kier alpha value is -2.30. The Morgan fingerprint density at radius 1 is 1.32 bits per heavy atom. The zero-order valence-corrected chi connectivity index (χ0v) is 10.5. The Morgan fingerprint density at radius 3 is 2.74 bits per heavy atom. The molecule has 0 saturated heterocycles. The van der Waals surface area contributed by atoms with Crippen molar-refractivity contribution in [2.75, 3.05) is 11.9 Å². The number of aliphatic carboxylic acids is 1. The third-order valence-corrected chi connectivity index (χ3v) is 3.68. The molecule has 5 nitrogen and oxygen atoms in total. The average molecular weight is 258 g/mol. The Labute approximate surface area is 109 Å². The number of nitrogens with zero attached hydrogens (tertiary/aromatic N) is 1. The lowest BCUT2D eigenvalue weighted by Gasteiger charge is -2.16. The number of H-pyrrole nitrogens is 1. The summed E-state index contributed by atoms with van der Waals surface area (Å²) in [6, 6.07) is 7.71. The molecule has 0 spiro atoms. The van der Waals surface area contributed by atoms with E-state index < -0.39 is 11.9 Å². The molecule has 2 N–H and O–H groups in total. The topological polar surface area (TPSA) is 73.4 Å². The highest BCUT2D eigenvalue weighted by Crippen LogP contribution is 2.41. The molecule has 2 atom stereocenters. The fraction of sp³-hybridized carbons (Fsp3) is 0.286. The first kappa shape index (κ1) is 11.8. The molecule has 1 amide bonds. The number of carboxylic acids is 1. The first-order chi connectivity index (χ1) is 9.09. The molecule has 3 rings (SSSR count). The molecule has 1 saturated carbocycles. The highest BCUT2D eigenvalue weighted by Gasteiger charge is 2.49. The number of rotatable bonds is 3. The molecule has 1 aromatic carbocycles. The van der Waals surface area contributed by atoms with Gasteiger partial charge in [0.2, 0.25) is 5.91 Å². The Bertz CT molecular complexity index is 662. The van der Waals surface area contributed by atoms with Crippen molar-refractivity contribution in [1.29, 1.82) is 0 Å². The van der Waals surface area contributed by atoms with Crippen molar-refractivity contribution in [3.05, 3.63) is 30.5 Å². The maximum atomic E-state index is 12.2. The van der Waals surface area contributed by atoms with Crippen LogP contribution in [0.3, 0.4) is 0 Å². The van der Waals surface area contributed by atoms with Crippen molar-refractivity contribution in [1.82, 2.24) is 4.98 Å². The lowest BCUT2D eigenvalue weighted by Crippen LogP contribution is -2.28. The van der Waals surface area contributed by atoms with Gasteiger partial charge in [0.05, 0.1) is 17.5 Å². The standard InChI is InChI=1S/C14H14N2O3/c1-16(13(17)9-6-10(9)14(18)19)12-7-15-11-5-3-2-4-8(11)12/h2-5,7,9-10,15H,6H2,1H3,(H,18,19). The largest absolute Gasteiger partial charge is 0.481 e. The second-order valence-electron chi connectivity index (χ2n) is 4.90. The number of carbonyl (C=O) groups is 2. The van der Waals surface area contributed by atoms with Crippen LogP contribution in [0.1, 0.15) is 6.42 Å². The summed E-state index contributed by atoms with van der Waals surface area (Å²) in [5.41, 5.74) is 1.75. The molecule has 1 heterocycles. The lowest BCUT2D eigenvalue weighted by atomic mass is 10.2. The van der Waals surface area contributed by atoms with Crippen LogP contribution in [0, 0.1) is 11.8 Å². The normalized spacial score (nSPS) is 21.3. The number of fused-ring (bicyclic) bond motifs is 1. The van der Waals surface area contributed by atoms with Crippen LogP contribution in [0.15, 0.2) is 30.5 Å². The first-order valence-corrected chi connectivity index (χ1v) is 6.16. The molecule has 0 aliphatic heterocycles. The number of para-hydroxylation sites is 1. The molecule has 19 heavy (non-hydrogen) atoms. The number of carbonyl (C=O) groups excluding carboxylic acids is 1. The van der Waals surface area contributed by atoms with Gasteiger partial charge < -0.3 is 15.0 Å². The lowest BCUT2D eigenvalue weighted by molar-refractivity contribution is -0.139. The van der Waals surface area contributed by atoms with Gasteiger partial charge in [-0.2, -0.15) is 0 Å². The van der Waals surface area contributed by atoms with Crippen LogP contribution < -0.4 is 4.90 Å². The highest BCUT2D eigenvalue weighted by atomic mass is 16.4. The SMILES string of the molecule is CN(C(=O)C1CC1C(=O)O)c1c[nH]c2ccccc12. The third-order valence-electron chi connectivity index (χ3n) is 3.68. The summed E-state index contributed by atoms with van der Waals surface area (Å²) >= 11 is 0. The number of anilines is 1. The Balaban J connectivity index is 1.86. The number of hydrogen-bond donors (Lipinski definition) is 2. The zero-order valence-electron chi connectivity index (χ0n) is 10.5. The van der Waals surface area contributed by atoms with E-state index in [0.29, 0.717) is 6.42 Å². The molecule has 1 aliphatic carbocycles. The maximum Gasteiger partial charge on any atom is 0.307 e. The predicted molar refractivity (Wildman–Crippen MR) is 70.9 cm³/mol. The second-order valence-corrected chi connectivity index (χ2v) is 4.90. The predicted octanol–water partition coefficient (Wildman–Crippen LogP) is 1.85. The van der Waals surface area contributed by atoms with E-state index in [9.17, 15) is 9.59 Å². The van der Waals surface area contributed by atoms with Gasteiger partial charge in [0, 0.05) is 24.1 Å². The summed E-state index contributed by atoms with van der Waals surface area (Å²) in [6.45, 7) is 0. The highest BCUT2D eigenvalue weighted by molar-refractivity contribution is 6.05. The number of carboxylic acid groups (broad SMARTS) is 1. The number of nitrogens with one attached hydrogen (secondary N) is 1. The van der Waals surface area contributed by atoms with Gasteiger partial charge in [0.25, 0.3) is 0 Å².